The van der Waals surface area contributed by atoms with Gasteiger partial charge in [0.25, 0.3) is 0 Å². The number of piperazine rings is 1. The largest absolute Gasteiger partial charge is 0.508 e. The van der Waals surface area contributed by atoms with Crippen molar-refractivity contribution < 1.29 is 48.1 Å². The molecule has 5 amide bonds. The lowest BCUT2D eigenvalue weighted by Gasteiger charge is -2.37. The molecule has 0 saturated carbocycles. The Hall–Kier alpha value is -4.81. The Morgan fingerprint density at radius 1 is 0.830 bits per heavy atom. The first-order valence-electron chi connectivity index (χ1n) is 15.0. The van der Waals surface area contributed by atoms with Gasteiger partial charge in [-0.1, -0.05) is 12.1 Å². The third-order valence-electron chi connectivity index (χ3n) is 9.26. The van der Waals surface area contributed by atoms with E-state index in [4.69, 9.17) is 15.2 Å². The lowest BCUT2D eigenvalue weighted by Crippen LogP contribution is -2.70. The Balaban J connectivity index is 1.23. The zero-order valence-corrected chi connectivity index (χ0v) is 25.8. The van der Waals surface area contributed by atoms with Crippen LogP contribution in [-0.4, -0.2) is 121 Å². The van der Waals surface area contributed by atoms with Crippen molar-refractivity contribution in [3.8, 4) is 5.75 Å². The Labute approximate surface area is 268 Å². The van der Waals surface area contributed by atoms with Gasteiger partial charge in [-0.15, -0.1) is 0 Å². The van der Waals surface area contributed by atoms with Gasteiger partial charge in [-0.3, -0.25) is 24.0 Å². The smallest absolute Gasteiger partial charge is 0.332 e. The molecule has 18 nitrogen and oxygen atoms in total. The molecule has 1 spiro atoms. The molecule has 18 heteroatoms. The topological polar surface area (TPSA) is 268 Å². The lowest BCUT2D eigenvalue weighted by atomic mass is 9.89. The quantitative estimate of drug-likeness (QED) is 0.113. The molecule has 4 aliphatic heterocycles. The molecule has 7 atom stereocenters. The molecular weight excluding hydrogens is 620 g/mol. The second-order valence-electron chi connectivity index (χ2n) is 12.4. The number of benzene rings is 1. The number of ether oxygens (including phenoxy) is 2. The number of aromatic hydroxyl groups is 1. The van der Waals surface area contributed by atoms with Gasteiger partial charge in [-0.2, -0.15) is 0 Å². The normalized spacial score (nSPS) is 33.1. The minimum atomic E-state index is -1.69. The van der Waals surface area contributed by atoms with E-state index in [2.05, 4.69) is 37.2 Å². The van der Waals surface area contributed by atoms with Gasteiger partial charge in [-0.05, 0) is 17.7 Å². The second kappa shape index (κ2) is 12.8. The zero-order chi connectivity index (χ0) is 34.1. The number of primary amides is 1. The molecule has 47 heavy (non-hydrogen) atoms. The molecular formula is C29H38N8O10. The van der Waals surface area contributed by atoms with E-state index < -0.39 is 82.3 Å². The van der Waals surface area contributed by atoms with Crippen LogP contribution in [0.25, 0.3) is 0 Å². The Morgan fingerprint density at radius 3 is 1.87 bits per heavy atom. The first-order valence-corrected chi connectivity index (χ1v) is 15.0. The van der Waals surface area contributed by atoms with Gasteiger partial charge in [0.15, 0.2) is 11.1 Å². The molecule has 5 rings (SSSR count). The fraction of sp³-hybridized carbons (Fsp3) is 0.552. The van der Waals surface area contributed by atoms with Crippen LogP contribution in [0.5, 0.6) is 5.75 Å². The highest BCUT2D eigenvalue weighted by atomic mass is 16.5. The van der Waals surface area contributed by atoms with E-state index >= 15 is 0 Å². The average Bonchev–Trinajstić information content (AvgIpc) is 3.79. The number of amides is 5. The zero-order valence-electron chi connectivity index (χ0n) is 25.8. The van der Waals surface area contributed by atoms with Crippen molar-refractivity contribution in [2.75, 3.05) is 33.9 Å². The number of methoxy groups -OCH3 is 2. The molecule has 10 N–H and O–H groups in total. The minimum Gasteiger partial charge on any atom is -0.508 e. The van der Waals surface area contributed by atoms with Crippen LogP contribution in [-0.2, 0) is 49.5 Å². The molecule has 1 aromatic carbocycles. The predicted octanol–water partition coefficient (Wildman–Crippen LogP) is -5.08. The first-order chi connectivity index (χ1) is 22.2. The number of rotatable bonds is 9. The number of carbonyl (C=O) groups is 7. The van der Waals surface area contributed by atoms with Crippen molar-refractivity contribution in [3.63, 3.8) is 0 Å². The summed E-state index contributed by atoms with van der Waals surface area (Å²) in [6.45, 7) is -0.384. The molecule has 254 valence electrons. The predicted molar refractivity (Wildman–Crippen MR) is 159 cm³/mol. The second-order valence-corrected chi connectivity index (χ2v) is 12.4. The van der Waals surface area contributed by atoms with Crippen molar-refractivity contribution in [1.82, 2.24) is 37.2 Å². The summed E-state index contributed by atoms with van der Waals surface area (Å²) in [6, 6.07) is 2.42. The summed E-state index contributed by atoms with van der Waals surface area (Å²) in [4.78, 5) is 90.5. The van der Waals surface area contributed by atoms with E-state index in [0.29, 0.717) is 0 Å². The fourth-order valence-electron chi connectivity index (χ4n) is 6.60. The van der Waals surface area contributed by atoms with Crippen LogP contribution in [0.2, 0.25) is 0 Å². The van der Waals surface area contributed by atoms with Crippen molar-refractivity contribution in [1.29, 1.82) is 0 Å². The Bertz CT molecular complexity index is 1490. The van der Waals surface area contributed by atoms with Gasteiger partial charge in [0.2, 0.25) is 29.5 Å². The van der Waals surface area contributed by atoms with Gasteiger partial charge in [0.1, 0.15) is 17.3 Å². The number of nitrogens with two attached hydrogens (primary N) is 1. The van der Waals surface area contributed by atoms with Crippen molar-refractivity contribution in [2.24, 2.45) is 5.73 Å². The monoisotopic (exact) mass is 658 g/mol. The summed E-state index contributed by atoms with van der Waals surface area (Å²) in [5.41, 5.74) is 1.39. The maximum Gasteiger partial charge on any atom is 0.332 e. The molecule has 0 aromatic heterocycles. The van der Waals surface area contributed by atoms with Crippen LogP contribution in [0.15, 0.2) is 24.3 Å². The molecule has 4 saturated heterocycles. The summed E-state index contributed by atoms with van der Waals surface area (Å²) in [5, 5.41) is 28.9. The maximum absolute atomic E-state index is 13.5. The van der Waals surface area contributed by atoms with E-state index in [9.17, 15) is 38.7 Å². The number of phenols is 1. The maximum atomic E-state index is 13.5. The summed E-state index contributed by atoms with van der Waals surface area (Å²) in [7, 11) is 2.27. The van der Waals surface area contributed by atoms with Crippen LogP contribution in [0, 0.1) is 0 Å². The van der Waals surface area contributed by atoms with E-state index in [0.717, 1.165) is 19.8 Å². The van der Waals surface area contributed by atoms with Gasteiger partial charge < -0.3 is 57.5 Å². The molecule has 0 unspecified atom stereocenters. The van der Waals surface area contributed by atoms with Gasteiger partial charge in [0.05, 0.1) is 32.3 Å². The molecule has 4 fully saturated rings. The number of carbonyl (C=O) groups excluding carboxylic acids is 7. The van der Waals surface area contributed by atoms with Crippen LogP contribution < -0.4 is 43.0 Å². The summed E-state index contributed by atoms with van der Waals surface area (Å²) in [5.74, 6) is -4.54. The molecule has 4 aliphatic rings. The third-order valence-corrected chi connectivity index (χ3v) is 9.26. The minimum absolute atomic E-state index is 0.0565. The number of nitrogens with one attached hydrogen (secondary N) is 7. The first kappa shape index (κ1) is 33.6. The fourth-order valence-corrected chi connectivity index (χ4v) is 6.60. The number of phenolic OH excluding ortho intramolecular Hbond substituents is 1. The van der Waals surface area contributed by atoms with Crippen LogP contribution in [0.4, 0.5) is 0 Å². The number of hydrogen-bond donors (Lipinski definition) is 9. The van der Waals surface area contributed by atoms with E-state index in [1.807, 2.05) is 0 Å². The van der Waals surface area contributed by atoms with Gasteiger partial charge in [-0.25, -0.2) is 9.59 Å². The van der Waals surface area contributed by atoms with E-state index in [-0.39, 0.29) is 51.1 Å². The number of hydrogen-bond acceptors (Lipinski definition) is 13. The molecule has 0 bridgehead atoms. The van der Waals surface area contributed by atoms with E-state index in [1.165, 1.54) is 12.1 Å². The van der Waals surface area contributed by atoms with Crippen LogP contribution in [0.1, 0.15) is 24.8 Å². The Morgan fingerprint density at radius 2 is 1.34 bits per heavy atom. The summed E-state index contributed by atoms with van der Waals surface area (Å²) >= 11 is 0. The summed E-state index contributed by atoms with van der Waals surface area (Å²) in [6.07, 6.45) is -0.331. The number of esters is 2. The summed E-state index contributed by atoms with van der Waals surface area (Å²) < 4.78 is 9.84. The molecule has 4 heterocycles. The van der Waals surface area contributed by atoms with Gasteiger partial charge in [0, 0.05) is 45.3 Å². The highest BCUT2D eigenvalue weighted by Crippen LogP contribution is 2.28. The SMILES string of the molecule is COC(=O)[C@@]1(NC(=O)[C@@H]2C[C@@](NC(=O)[C@@H]3C[C@@]4(CN3)NC(=O)[C@H](Cc3ccc(O)cc3)NC4=O)(C(=O)OC)CN2)CN[C@H](C(N)=O)C1. The lowest BCUT2D eigenvalue weighted by molar-refractivity contribution is -0.151. The molecule has 0 aliphatic carbocycles. The van der Waals surface area contributed by atoms with Crippen molar-refractivity contribution in [2.45, 2.75) is 66.5 Å². The van der Waals surface area contributed by atoms with Crippen molar-refractivity contribution in [3.05, 3.63) is 29.8 Å². The molecule has 1 aromatic rings. The van der Waals surface area contributed by atoms with E-state index in [1.54, 1.807) is 12.1 Å². The van der Waals surface area contributed by atoms with Crippen molar-refractivity contribution >= 4 is 41.5 Å². The highest BCUT2D eigenvalue weighted by Gasteiger charge is 2.56. The van der Waals surface area contributed by atoms with Crippen LogP contribution >= 0.6 is 0 Å². The molecule has 0 radical (unpaired) electrons. The van der Waals surface area contributed by atoms with Gasteiger partial charge >= 0.3 is 11.9 Å². The Kier molecular flexibility index (Phi) is 9.11. The average molecular weight is 659 g/mol. The standard InChI is InChI=1S/C29H38N8O10/c1-46-25(44)28(8-17(20(30)39)31-12-28)36-23(42)19-10-29(13-33-19,26(45)47-2)37-22(41)18-9-27(11-32-18)24(43)34-16(21(40)35-27)7-14-3-5-15(38)6-4-14/h3-6,16-19,31-33,38H,7-13H2,1-2H3,(H2,30,39)(H,34,43)(H,35,40)(H,36,42)(H,37,41)/t16-,17-,18-,19-,27-,28-,29-/m0/s1. The third kappa shape index (κ3) is 6.43. The highest BCUT2D eigenvalue weighted by molar-refractivity contribution is 6.02. The van der Waals surface area contributed by atoms with Crippen LogP contribution in [0.3, 0.4) is 0 Å².